The van der Waals surface area contributed by atoms with Crippen LogP contribution in [-0.4, -0.2) is 49.6 Å². The topological polar surface area (TPSA) is 44.8 Å². The van der Waals surface area contributed by atoms with Crippen molar-refractivity contribution in [3.05, 3.63) is 54.1 Å². The number of hydrogen-bond donors (Lipinski definition) is 1. The highest BCUT2D eigenvalue weighted by Gasteiger charge is 2.27. The summed E-state index contributed by atoms with van der Waals surface area (Å²) in [5.74, 6) is -0.747. The second-order valence-electron chi connectivity index (χ2n) is 6.71. The molecule has 1 fully saturated rings. The Bertz CT molecular complexity index is 823. The Morgan fingerprint density at radius 3 is 2.57 bits per heavy atom. The lowest BCUT2D eigenvalue weighted by Gasteiger charge is -2.39. The fourth-order valence-corrected chi connectivity index (χ4v) is 3.34. The van der Waals surface area contributed by atoms with Crippen LogP contribution in [0.25, 0.3) is 0 Å². The van der Waals surface area contributed by atoms with Gasteiger partial charge in [-0.15, -0.1) is 0 Å². The maximum atomic E-state index is 13.8. The van der Waals surface area contributed by atoms with Gasteiger partial charge in [-0.2, -0.15) is 0 Å². The molecule has 7 heteroatoms. The zero-order valence-corrected chi connectivity index (χ0v) is 16.1. The summed E-state index contributed by atoms with van der Waals surface area (Å²) < 4.78 is 32.8. The van der Waals surface area contributed by atoms with Gasteiger partial charge in [0, 0.05) is 32.2 Å². The first kappa shape index (κ1) is 20.1. The van der Waals surface area contributed by atoms with E-state index in [1.54, 1.807) is 6.92 Å². The second kappa shape index (κ2) is 9.01. The molecular weight excluding hydrogens is 364 g/mol. The number of anilines is 2. The number of para-hydroxylation sites is 2. The van der Waals surface area contributed by atoms with E-state index < -0.39 is 17.7 Å². The summed E-state index contributed by atoms with van der Waals surface area (Å²) in [5.41, 5.74) is 0.907. The van der Waals surface area contributed by atoms with Gasteiger partial charge >= 0.3 is 0 Å². The predicted molar refractivity (Wildman–Crippen MR) is 106 cm³/mol. The van der Waals surface area contributed by atoms with Crippen LogP contribution in [0.1, 0.15) is 13.8 Å². The highest BCUT2D eigenvalue weighted by atomic mass is 19.1. The molecule has 1 aliphatic heterocycles. The number of rotatable bonds is 6. The van der Waals surface area contributed by atoms with Crippen LogP contribution in [0.5, 0.6) is 5.75 Å². The van der Waals surface area contributed by atoms with E-state index in [2.05, 4.69) is 10.2 Å². The molecule has 0 bridgehead atoms. The zero-order valence-electron chi connectivity index (χ0n) is 16.1. The maximum Gasteiger partial charge on any atom is 0.241 e. The standard InChI is InChI=1S/C21H25F2N3O2/c1-3-28-20-7-5-4-6-19(20)26-12-10-25(11-13-26)15(2)21(27)24-18-14-16(22)8-9-17(18)23/h4-9,14-15H,3,10-13H2,1-2H3,(H,24,27)/t15-/m1/s1. The molecule has 1 amide bonds. The molecule has 5 nitrogen and oxygen atoms in total. The fourth-order valence-electron chi connectivity index (χ4n) is 3.34. The minimum Gasteiger partial charge on any atom is -0.492 e. The number of hydrogen-bond acceptors (Lipinski definition) is 4. The Hall–Kier alpha value is -2.67. The molecule has 1 atom stereocenters. The molecule has 0 radical (unpaired) electrons. The summed E-state index contributed by atoms with van der Waals surface area (Å²) in [6.07, 6.45) is 0. The molecule has 2 aromatic rings. The van der Waals surface area contributed by atoms with Crippen LogP contribution >= 0.6 is 0 Å². The molecule has 0 saturated carbocycles. The van der Waals surface area contributed by atoms with Crippen molar-refractivity contribution in [2.24, 2.45) is 0 Å². The molecule has 1 saturated heterocycles. The van der Waals surface area contributed by atoms with Crippen LogP contribution in [-0.2, 0) is 4.79 Å². The molecule has 28 heavy (non-hydrogen) atoms. The van der Waals surface area contributed by atoms with E-state index in [4.69, 9.17) is 4.74 Å². The number of ether oxygens (including phenoxy) is 1. The van der Waals surface area contributed by atoms with Crippen molar-refractivity contribution in [3.8, 4) is 5.75 Å². The quantitative estimate of drug-likeness (QED) is 0.821. The highest BCUT2D eigenvalue weighted by molar-refractivity contribution is 5.94. The Morgan fingerprint density at radius 2 is 1.86 bits per heavy atom. The van der Waals surface area contributed by atoms with Crippen LogP contribution in [0, 0.1) is 11.6 Å². The van der Waals surface area contributed by atoms with Crippen molar-refractivity contribution in [2.75, 3.05) is 43.0 Å². The molecule has 1 N–H and O–H groups in total. The largest absolute Gasteiger partial charge is 0.492 e. The van der Waals surface area contributed by atoms with Crippen molar-refractivity contribution in [2.45, 2.75) is 19.9 Å². The molecule has 3 rings (SSSR count). The Balaban J connectivity index is 1.60. The summed E-state index contributed by atoms with van der Waals surface area (Å²) in [7, 11) is 0. The number of halogens is 2. The second-order valence-corrected chi connectivity index (χ2v) is 6.71. The molecule has 1 heterocycles. The number of nitrogens with one attached hydrogen (secondary N) is 1. The average molecular weight is 389 g/mol. The van der Waals surface area contributed by atoms with Gasteiger partial charge < -0.3 is 15.0 Å². The predicted octanol–water partition coefficient (Wildman–Crippen LogP) is 3.51. The summed E-state index contributed by atoms with van der Waals surface area (Å²) in [5, 5.41) is 2.49. The lowest BCUT2D eigenvalue weighted by atomic mass is 10.2. The first-order valence-corrected chi connectivity index (χ1v) is 9.46. The van der Waals surface area contributed by atoms with Gasteiger partial charge in [-0.1, -0.05) is 12.1 Å². The smallest absolute Gasteiger partial charge is 0.241 e. The van der Waals surface area contributed by atoms with Crippen molar-refractivity contribution < 1.29 is 18.3 Å². The number of nitrogens with zero attached hydrogens (tertiary/aromatic N) is 2. The van der Waals surface area contributed by atoms with Gasteiger partial charge in [-0.05, 0) is 38.1 Å². The van der Waals surface area contributed by atoms with E-state index in [0.717, 1.165) is 42.7 Å². The van der Waals surface area contributed by atoms with Crippen LogP contribution in [0.4, 0.5) is 20.2 Å². The minimum absolute atomic E-state index is 0.138. The molecule has 0 aromatic heterocycles. The number of carbonyl (C=O) groups is 1. The van der Waals surface area contributed by atoms with E-state index in [-0.39, 0.29) is 11.6 Å². The van der Waals surface area contributed by atoms with Gasteiger partial charge in [0.05, 0.1) is 24.0 Å². The van der Waals surface area contributed by atoms with E-state index in [1.165, 1.54) is 0 Å². The number of benzene rings is 2. The SMILES string of the molecule is CCOc1ccccc1N1CCN([C@H](C)C(=O)Nc2cc(F)ccc2F)CC1. The first-order chi connectivity index (χ1) is 13.5. The van der Waals surface area contributed by atoms with Crippen molar-refractivity contribution in [1.82, 2.24) is 4.90 Å². The number of carbonyl (C=O) groups excluding carboxylic acids is 1. The van der Waals surface area contributed by atoms with Gasteiger partial charge in [-0.25, -0.2) is 8.78 Å². The van der Waals surface area contributed by atoms with Crippen LogP contribution in [0.15, 0.2) is 42.5 Å². The Labute approximate surface area is 163 Å². The molecule has 150 valence electrons. The zero-order chi connectivity index (χ0) is 20.1. The van der Waals surface area contributed by atoms with Gasteiger partial charge in [0.1, 0.15) is 17.4 Å². The monoisotopic (exact) mass is 389 g/mol. The number of amides is 1. The highest BCUT2D eigenvalue weighted by Crippen LogP contribution is 2.29. The third-order valence-corrected chi connectivity index (χ3v) is 4.93. The van der Waals surface area contributed by atoms with Gasteiger partial charge in [0.15, 0.2) is 0 Å². The molecule has 0 spiro atoms. The van der Waals surface area contributed by atoms with E-state index >= 15 is 0 Å². The van der Waals surface area contributed by atoms with E-state index in [0.29, 0.717) is 19.7 Å². The lowest BCUT2D eigenvalue weighted by Crippen LogP contribution is -2.53. The summed E-state index contributed by atoms with van der Waals surface area (Å²) in [4.78, 5) is 16.8. The van der Waals surface area contributed by atoms with Crippen molar-refractivity contribution in [1.29, 1.82) is 0 Å². The lowest BCUT2D eigenvalue weighted by molar-refractivity contribution is -0.120. The maximum absolute atomic E-state index is 13.8. The number of piperazine rings is 1. The fraction of sp³-hybridized carbons (Fsp3) is 0.381. The van der Waals surface area contributed by atoms with Gasteiger partial charge in [-0.3, -0.25) is 9.69 Å². The van der Waals surface area contributed by atoms with E-state index in [9.17, 15) is 13.6 Å². The van der Waals surface area contributed by atoms with Crippen LogP contribution < -0.4 is 15.0 Å². The summed E-state index contributed by atoms with van der Waals surface area (Å²) in [6.45, 7) is 7.19. The van der Waals surface area contributed by atoms with Crippen molar-refractivity contribution >= 4 is 17.3 Å². The molecule has 1 aliphatic rings. The van der Waals surface area contributed by atoms with Crippen LogP contribution in [0.3, 0.4) is 0 Å². The molecule has 0 aliphatic carbocycles. The normalized spacial score (nSPS) is 15.9. The first-order valence-electron chi connectivity index (χ1n) is 9.46. The third-order valence-electron chi connectivity index (χ3n) is 4.93. The average Bonchev–Trinajstić information content (AvgIpc) is 2.71. The minimum atomic E-state index is -0.653. The van der Waals surface area contributed by atoms with Crippen molar-refractivity contribution in [3.63, 3.8) is 0 Å². The van der Waals surface area contributed by atoms with E-state index in [1.807, 2.05) is 36.1 Å². The molecular formula is C21H25F2N3O2. The Kier molecular flexibility index (Phi) is 6.46. The summed E-state index contributed by atoms with van der Waals surface area (Å²) in [6, 6.07) is 10.5. The van der Waals surface area contributed by atoms with Crippen LogP contribution in [0.2, 0.25) is 0 Å². The van der Waals surface area contributed by atoms with Gasteiger partial charge in [0.25, 0.3) is 0 Å². The molecule has 2 aromatic carbocycles. The van der Waals surface area contributed by atoms with Gasteiger partial charge in [0.2, 0.25) is 5.91 Å². The Morgan fingerprint density at radius 1 is 1.14 bits per heavy atom. The third kappa shape index (κ3) is 4.59. The molecule has 0 unspecified atom stereocenters. The summed E-state index contributed by atoms with van der Waals surface area (Å²) >= 11 is 0.